The van der Waals surface area contributed by atoms with Gasteiger partial charge in [0, 0.05) is 13.2 Å². The van der Waals surface area contributed by atoms with Gasteiger partial charge in [-0.2, -0.15) is 0 Å². The first-order valence-electron chi connectivity index (χ1n) is 16.1. The van der Waals surface area contributed by atoms with Gasteiger partial charge in [-0.3, -0.25) is 0 Å². The summed E-state index contributed by atoms with van der Waals surface area (Å²) in [6, 6.07) is 20.8. The fourth-order valence-electron chi connectivity index (χ4n) is 4.75. The molecule has 0 atom stereocenters. The maximum absolute atomic E-state index is 5.78. The molecule has 2 aromatic carbocycles. The fourth-order valence-corrected chi connectivity index (χ4v) is 4.75. The van der Waals surface area contributed by atoms with Crippen molar-refractivity contribution in [1.29, 1.82) is 0 Å². The van der Waals surface area contributed by atoms with Crippen molar-refractivity contribution in [2.24, 2.45) is 0 Å². The van der Waals surface area contributed by atoms with Gasteiger partial charge in [-0.1, -0.05) is 190 Å². The molecule has 2 rings (SSSR count). The summed E-state index contributed by atoms with van der Waals surface area (Å²) in [5.41, 5.74) is 2.55. The molecule has 0 unspecified atom stereocenters. The molecule has 0 aromatic heterocycles. The Morgan fingerprint density at radius 3 is 0.947 bits per heavy atom. The van der Waals surface area contributed by atoms with Crippen LogP contribution in [0, 0.1) is 0 Å². The van der Waals surface area contributed by atoms with Gasteiger partial charge in [0.15, 0.2) is 0 Å². The van der Waals surface area contributed by atoms with Crippen molar-refractivity contribution in [2.45, 2.75) is 142 Å². The van der Waals surface area contributed by atoms with Gasteiger partial charge < -0.3 is 6.16 Å². The molecular weight excluding hydrogens is 471 g/mol. The van der Waals surface area contributed by atoms with Gasteiger partial charge in [-0.05, 0) is 24.0 Å². The van der Waals surface area contributed by atoms with Crippen molar-refractivity contribution >= 4 is 0 Å². The molecule has 0 amide bonds. The first-order valence-corrected chi connectivity index (χ1v) is 16.1. The summed E-state index contributed by atoms with van der Waals surface area (Å²) in [6.07, 6.45) is 28.2. The van der Waals surface area contributed by atoms with Crippen LogP contribution in [0.1, 0.15) is 144 Å². The second-order valence-corrected chi connectivity index (χ2v) is 10.7. The molecule has 0 aliphatic rings. The Bertz CT molecular complexity index is 619. The van der Waals surface area contributed by atoms with Crippen LogP contribution in [0.5, 0.6) is 0 Å². The normalized spacial score (nSPS) is 10.5. The van der Waals surface area contributed by atoms with Gasteiger partial charge in [0.1, 0.15) is 0 Å². The van der Waals surface area contributed by atoms with Crippen LogP contribution in [0.25, 0.3) is 11.1 Å². The zero-order valence-electron chi connectivity index (χ0n) is 26.7. The van der Waals surface area contributed by atoms with E-state index in [2.05, 4.69) is 62.4 Å². The van der Waals surface area contributed by atoms with Crippen LogP contribution in [0.3, 0.4) is 0 Å². The van der Waals surface area contributed by atoms with Crippen LogP contribution < -0.4 is 29.6 Å². The molecule has 0 saturated carbocycles. The molecule has 0 aliphatic carbocycles. The van der Waals surface area contributed by atoms with E-state index in [4.69, 9.17) is 4.74 Å². The Balaban J connectivity index is 0. The van der Waals surface area contributed by atoms with Crippen LogP contribution >= 0.6 is 0 Å². The van der Waals surface area contributed by atoms with E-state index in [9.17, 15) is 0 Å². The van der Waals surface area contributed by atoms with Gasteiger partial charge in [-0.25, -0.2) is 0 Å². The van der Waals surface area contributed by atoms with Crippen LogP contribution in [0.4, 0.5) is 0 Å². The molecule has 2 aromatic rings. The molecule has 1 nitrogen and oxygen atoms in total. The molecule has 0 bridgehead atoms. The Kier molecular flexibility index (Phi) is 30.4. The van der Waals surface area contributed by atoms with Gasteiger partial charge in [-0.15, -0.1) is 0 Å². The maximum atomic E-state index is 5.78. The number of ether oxygens (including phenoxy) is 1. The summed E-state index contributed by atoms with van der Waals surface area (Å²) in [6.45, 7) is 6.57. The van der Waals surface area contributed by atoms with Crippen LogP contribution in [0.2, 0.25) is 0 Å². The number of hydrogen-bond donors (Lipinski definition) is 0. The van der Waals surface area contributed by atoms with Gasteiger partial charge in [0.05, 0.1) is 0 Å². The van der Waals surface area contributed by atoms with E-state index in [1.807, 2.05) is 12.1 Å². The van der Waals surface area contributed by atoms with E-state index in [-0.39, 0.29) is 31.0 Å². The summed E-state index contributed by atoms with van der Waals surface area (Å²) in [5.74, 6) is 0. The van der Waals surface area contributed by atoms with E-state index < -0.39 is 0 Å². The van der Waals surface area contributed by atoms with E-state index in [0.29, 0.717) is 0 Å². The minimum atomic E-state index is 0. The number of benzene rings is 2. The Hall–Kier alpha value is -0.600. The third-order valence-electron chi connectivity index (χ3n) is 7.17. The summed E-state index contributed by atoms with van der Waals surface area (Å²) in [4.78, 5) is 0. The molecule has 38 heavy (non-hydrogen) atoms. The number of rotatable bonds is 23. The maximum Gasteiger partial charge on any atom is 1.00 e. The fraction of sp³-hybridized carbons (Fsp3) is 0.667. The molecular formula is C36H61NaO. The van der Waals surface area contributed by atoms with Gasteiger partial charge >= 0.3 is 29.6 Å². The Morgan fingerprint density at radius 2 is 0.658 bits per heavy atom. The van der Waals surface area contributed by atoms with Crippen molar-refractivity contribution in [3.63, 3.8) is 0 Å². The summed E-state index contributed by atoms with van der Waals surface area (Å²) < 4.78 is 5.78. The molecule has 0 radical (unpaired) electrons. The third kappa shape index (κ3) is 24.4. The van der Waals surface area contributed by atoms with Crippen LogP contribution in [0.15, 0.2) is 60.7 Å². The minimum Gasteiger partial charge on any atom is -1.00 e. The van der Waals surface area contributed by atoms with Crippen molar-refractivity contribution < 1.29 is 35.7 Å². The Labute approximate surface area is 261 Å². The van der Waals surface area contributed by atoms with Gasteiger partial charge in [0.2, 0.25) is 0 Å². The minimum absolute atomic E-state index is 0. The smallest absolute Gasteiger partial charge is 1.00 e. The average Bonchev–Trinajstić information content (AvgIpc) is 2.95. The van der Waals surface area contributed by atoms with E-state index >= 15 is 0 Å². The second kappa shape index (κ2) is 30.9. The molecule has 0 heterocycles. The van der Waals surface area contributed by atoms with E-state index in [1.54, 1.807) is 0 Å². The van der Waals surface area contributed by atoms with Gasteiger partial charge in [0.25, 0.3) is 0 Å². The average molecular weight is 533 g/mol. The predicted molar refractivity (Wildman–Crippen MR) is 167 cm³/mol. The Morgan fingerprint density at radius 1 is 0.395 bits per heavy atom. The largest absolute Gasteiger partial charge is 1.00 e. The SMILES string of the molecule is CCCCCCCCCCCCOCCCCCCCCCCCC.[H-].[Na+].c1ccc(-c2ccccc2)cc1. The standard InChI is InChI=1S/C24H50O.C12H10.Na.H/c1-3-5-7-9-11-13-15-17-19-21-23-25-24-22-20-18-16-14-12-10-8-6-4-2;1-3-7-11(8-4-1)12-9-5-2-6-10-12;;/h3-24H2,1-2H3;1-10H;;/q;;+1;-1. The quantitative estimate of drug-likeness (QED) is 0.102. The zero-order valence-corrected chi connectivity index (χ0v) is 27.7. The first-order chi connectivity index (χ1) is 18.4. The van der Waals surface area contributed by atoms with Crippen molar-refractivity contribution in [3.05, 3.63) is 60.7 Å². The summed E-state index contributed by atoms with van der Waals surface area (Å²) in [7, 11) is 0. The number of unbranched alkanes of at least 4 members (excludes halogenated alkanes) is 18. The van der Waals surface area contributed by atoms with E-state index in [0.717, 1.165) is 13.2 Å². The van der Waals surface area contributed by atoms with Crippen molar-refractivity contribution in [1.82, 2.24) is 0 Å². The molecule has 212 valence electrons. The molecule has 0 N–H and O–H groups in total. The third-order valence-corrected chi connectivity index (χ3v) is 7.17. The molecule has 2 heteroatoms. The molecule has 0 aliphatic heterocycles. The topological polar surface area (TPSA) is 9.23 Å². The number of hydrogen-bond acceptors (Lipinski definition) is 1. The zero-order chi connectivity index (χ0) is 26.5. The van der Waals surface area contributed by atoms with Crippen molar-refractivity contribution in [2.75, 3.05) is 13.2 Å². The molecule has 0 saturated heterocycles. The monoisotopic (exact) mass is 532 g/mol. The summed E-state index contributed by atoms with van der Waals surface area (Å²) >= 11 is 0. The van der Waals surface area contributed by atoms with Crippen LogP contribution in [-0.4, -0.2) is 13.2 Å². The second-order valence-electron chi connectivity index (χ2n) is 10.7. The van der Waals surface area contributed by atoms with Crippen LogP contribution in [-0.2, 0) is 4.74 Å². The first kappa shape index (κ1) is 37.4. The molecule has 0 spiro atoms. The predicted octanol–water partition coefficient (Wildman–Crippen LogP) is 9.31. The van der Waals surface area contributed by atoms with Crippen molar-refractivity contribution in [3.8, 4) is 11.1 Å². The van der Waals surface area contributed by atoms with E-state index in [1.165, 1.54) is 140 Å². The molecule has 0 fully saturated rings. The summed E-state index contributed by atoms with van der Waals surface area (Å²) in [5, 5.41) is 0.